The number of anilines is 2. The molecule has 8 nitrogen and oxygen atoms in total. The van der Waals surface area contributed by atoms with Gasteiger partial charge in [0, 0.05) is 24.6 Å². The van der Waals surface area contributed by atoms with E-state index < -0.39 is 11.9 Å². The first-order valence-electron chi connectivity index (χ1n) is 7.71. The van der Waals surface area contributed by atoms with Crippen LogP contribution in [0.25, 0.3) is 0 Å². The molecular weight excluding hydrogens is 340 g/mol. The van der Waals surface area contributed by atoms with Crippen LogP contribution in [0.3, 0.4) is 0 Å². The molecule has 0 radical (unpaired) electrons. The molecule has 142 valence electrons. The van der Waals surface area contributed by atoms with Gasteiger partial charge in [-0.1, -0.05) is 12.1 Å². The minimum atomic E-state index is -0.952. The molecule has 0 aliphatic rings. The third-order valence-electron chi connectivity index (χ3n) is 2.83. The molecule has 0 bridgehead atoms. The van der Waals surface area contributed by atoms with E-state index in [4.69, 9.17) is 31.9 Å². The highest BCUT2D eigenvalue weighted by atomic mass is 16.4. The van der Waals surface area contributed by atoms with Crippen LogP contribution in [0.15, 0.2) is 48.5 Å². The van der Waals surface area contributed by atoms with Crippen LogP contribution in [0, 0.1) is 0 Å². The first-order valence-corrected chi connectivity index (χ1v) is 7.71. The average Bonchev–Trinajstić information content (AvgIpc) is 2.61. The molecule has 2 aromatic rings. The van der Waals surface area contributed by atoms with Crippen LogP contribution in [0.2, 0.25) is 0 Å². The Bertz CT molecular complexity index is 631. The molecule has 0 saturated heterocycles. The Morgan fingerprint density at radius 2 is 1.08 bits per heavy atom. The van der Waals surface area contributed by atoms with Gasteiger partial charge < -0.3 is 31.9 Å². The van der Waals surface area contributed by atoms with Crippen molar-refractivity contribution in [3.8, 4) is 0 Å². The van der Waals surface area contributed by atoms with Gasteiger partial charge in [0.15, 0.2) is 0 Å². The summed E-state index contributed by atoms with van der Waals surface area (Å²) >= 11 is 0. The fourth-order valence-corrected chi connectivity index (χ4v) is 1.57. The Hall–Kier alpha value is -3.10. The second-order valence-corrected chi connectivity index (χ2v) is 5.02. The van der Waals surface area contributed by atoms with Crippen molar-refractivity contribution in [1.82, 2.24) is 0 Å². The Kier molecular flexibility index (Phi) is 11.6. The maximum Gasteiger partial charge on any atom is 0.335 e. The quantitative estimate of drug-likeness (QED) is 0.344. The van der Waals surface area contributed by atoms with E-state index in [0.717, 1.165) is 12.8 Å². The number of carboxylic acid groups (broad SMARTS) is 2. The molecule has 0 spiro atoms. The highest BCUT2D eigenvalue weighted by Crippen LogP contribution is 2.06. The molecule has 0 aromatic heterocycles. The molecule has 0 amide bonds. The minimum absolute atomic E-state index is 0.195. The monoisotopic (exact) mass is 364 g/mol. The van der Waals surface area contributed by atoms with Gasteiger partial charge in [-0.05, 0) is 49.2 Å². The van der Waals surface area contributed by atoms with Crippen molar-refractivity contribution >= 4 is 23.3 Å². The molecule has 0 heterocycles. The van der Waals surface area contributed by atoms with E-state index >= 15 is 0 Å². The van der Waals surface area contributed by atoms with Gasteiger partial charge in [0.1, 0.15) is 0 Å². The summed E-state index contributed by atoms with van der Waals surface area (Å²) < 4.78 is 0. The molecule has 0 fully saturated rings. The number of aliphatic hydroxyl groups is 2. The molecule has 26 heavy (non-hydrogen) atoms. The largest absolute Gasteiger partial charge is 0.478 e. The molecule has 0 atom stereocenters. The summed E-state index contributed by atoms with van der Waals surface area (Å²) in [6, 6.07) is 12.3. The van der Waals surface area contributed by atoms with Gasteiger partial charge in [-0.2, -0.15) is 0 Å². The fourth-order valence-electron chi connectivity index (χ4n) is 1.57. The van der Waals surface area contributed by atoms with Crippen molar-refractivity contribution in [2.75, 3.05) is 24.7 Å². The SMILES string of the molecule is Nc1cccc(C(=O)O)c1.Nc1cccc(C(=O)O)c1.OCCCCO. The number of rotatable bonds is 5. The van der Waals surface area contributed by atoms with E-state index in [9.17, 15) is 9.59 Å². The Labute approximate surface area is 151 Å². The second-order valence-electron chi connectivity index (χ2n) is 5.02. The van der Waals surface area contributed by atoms with Gasteiger partial charge in [0.05, 0.1) is 11.1 Å². The Balaban J connectivity index is 0.000000375. The number of nitrogens with two attached hydrogens (primary N) is 2. The molecule has 2 rings (SSSR count). The number of aromatic carboxylic acids is 2. The van der Waals surface area contributed by atoms with Crippen molar-refractivity contribution in [3.63, 3.8) is 0 Å². The summed E-state index contributed by atoms with van der Waals surface area (Å²) in [6.45, 7) is 0.390. The molecule has 0 aliphatic carbocycles. The van der Waals surface area contributed by atoms with Crippen LogP contribution in [0.5, 0.6) is 0 Å². The van der Waals surface area contributed by atoms with Gasteiger partial charge in [0.25, 0.3) is 0 Å². The molecule has 0 saturated carbocycles. The summed E-state index contributed by atoms with van der Waals surface area (Å²) in [5.74, 6) is -1.90. The third-order valence-corrected chi connectivity index (χ3v) is 2.83. The minimum Gasteiger partial charge on any atom is -0.478 e. The number of hydrogen-bond donors (Lipinski definition) is 6. The Morgan fingerprint density at radius 1 is 0.731 bits per heavy atom. The van der Waals surface area contributed by atoms with Crippen LogP contribution >= 0.6 is 0 Å². The van der Waals surface area contributed by atoms with Crippen LogP contribution in [0.1, 0.15) is 33.6 Å². The second kappa shape index (κ2) is 13.2. The molecule has 8 heteroatoms. The van der Waals surface area contributed by atoms with Crippen molar-refractivity contribution in [2.45, 2.75) is 12.8 Å². The highest BCUT2D eigenvalue weighted by molar-refractivity contribution is 5.89. The zero-order valence-electron chi connectivity index (χ0n) is 14.2. The number of aliphatic hydroxyl groups excluding tert-OH is 2. The average molecular weight is 364 g/mol. The third kappa shape index (κ3) is 10.6. The van der Waals surface area contributed by atoms with E-state index in [2.05, 4.69) is 0 Å². The number of nitrogen functional groups attached to an aromatic ring is 2. The standard InChI is InChI=1S/2C7H7NO2.C4H10O2/c2*8-6-3-1-2-5(4-6)7(9)10;5-3-1-2-4-6/h2*1-4H,8H2,(H,9,10);5-6H,1-4H2. The Morgan fingerprint density at radius 3 is 1.27 bits per heavy atom. The van der Waals surface area contributed by atoms with E-state index in [1.54, 1.807) is 24.3 Å². The van der Waals surface area contributed by atoms with Crippen LogP contribution in [-0.2, 0) is 0 Å². The topological polar surface area (TPSA) is 167 Å². The summed E-state index contributed by atoms with van der Waals surface area (Å²) in [6.07, 6.45) is 1.44. The lowest BCUT2D eigenvalue weighted by Crippen LogP contribution is -1.96. The number of benzene rings is 2. The van der Waals surface area contributed by atoms with Crippen LogP contribution in [0.4, 0.5) is 11.4 Å². The summed E-state index contributed by atoms with van der Waals surface area (Å²) in [7, 11) is 0. The molecule has 0 aliphatic heterocycles. The molecule has 0 unspecified atom stereocenters. The molecular formula is C18H24N2O6. The lowest BCUT2D eigenvalue weighted by Gasteiger charge is -1.93. The zero-order valence-corrected chi connectivity index (χ0v) is 14.2. The van der Waals surface area contributed by atoms with E-state index in [1.807, 2.05) is 0 Å². The summed E-state index contributed by atoms with van der Waals surface area (Å²) in [4.78, 5) is 20.6. The predicted octanol–water partition coefficient (Wildman–Crippen LogP) is 1.69. The van der Waals surface area contributed by atoms with E-state index in [0.29, 0.717) is 11.4 Å². The van der Waals surface area contributed by atoms with Gasteiger partial charge in [-0.15, -0.1) is 0 Å². The highest BCUT2D eigenvalue weighted by Gasteiger charge is 2.00. The van der Waals surface area contributed by atoms with E-state index in [1.165, 1.54) is 24.3 Å². The predicted molar refractivity (Wildman–Crippen MR) is 99.0 cm³/mol. The van der Waals surface area contributed by atoms with Crippen molar-refractivity contribution in [2.24, 2.45) is 0 Å². The molecule has 2 aromatic carbocycles. The zero-order chi connectivity index (χ0) is 19.9. The van der Waals surface area contributed by atoms with Crippen LogP contribution < -0.4 is 11.5 Å². The van der Waals surface area contributed by atoms with Gasteiger partial charge in [0.2, 0.25) is 0 Å². The maximum absolute atomic E-state index is 10.3. The van der Waals surface area contributed by atoms with Crippen molar-refractivity contribution in [3.05, 3.63) is 59.7 Å². The van der Waals surface area contributed by atoms with Gasteiger partial charge in [-0.3, -0.25) is 0 Å². The first kappa shape index (κ1) is 22.9. The lowest BCUT2D eigenvalue weighted by molar-refractivity contribution is 0.0686. The summed E-state index contributed by atoms with van der Waals surface area (Å²) in [5.41, 5.74) is 12.1. The lowest BCUT2D eigenvalue weighted by atomic mass is 10.2. The van der Waals surface area contributed by atoms with E-state index in [-0.39, 0.29) is 24.3 Å². The van der Waals surface area contributed by atoms with Crippen molar-refractivity contribution in [1.29, 1.82) is 0 Å². The van der Waals surface area contributed by atoms with Gasteiger partial charge in [-0.25, -0.2) is 9.59 Å². The fraction of sp³-hybridized carbons (Fsp3) is 0.222. The number of unbranched alkanes of at least 4 members (excludes halogenated alkanes) is 1. The normalized spacial score (nSPS) is 9.15. The molecule has 8 N–H and O–H groups in total. The maximum atomic E-state index is 10.3. The van der Waals surface area contributed by atoms with Crippen molar-refractivity contribution < 1.29 is 30.0 Å². The van der Waals surface area contributed by atoms with Gasteiger partial charge >= 0.3 is 11.9 Å². The first-order chi connectivity index (χ1) is 12.3. The van der Waals surface area contributed by atoms with Crippen LogP contribution in [-0.4, -0.2) is 45.6 Å². The smallest absolute Gasteiger partial charge is 0.335 e. The number of hydrogen-bond acceptors (Lipinski definition) is 6. The number of carboxylic acids is 2. The number of carbonyl (C=O) groups is 2. The summed E-state index contributed by atoms with van der Waals surface area (Å²) in [5, 5.41) is 33.1.